The van der Waals surface area contributed by atoms with Gasteiger partial charge in [-0.15, -0.1) is 10.2 Å². The Labute approximate surface area is 122 Å². The van der Waals surface area contributed by atoms with E-state index in [1.54, 1.807) is 4.57 Å². The Hall–Kier alpha value is -1.25. The molecule has 0 radical (unpaired) electrons. The number of carboxylic acid groups (broad SMARTS) is 1. The lowest BCUT2D eigenvalue weighted by molar-refractivity contribution is -0.149. The molecule has 116 valence electrons. The Bertz CT molecular complexity index is 552. The highest BCUT2D eigenvalue weighted by Crippen LogP contribution is 2.47. The zero-order valence-corrected chi connectivity index (χ0v) is 11.8. The number of carboxylic acids is 1. The lowest BCUT2D eigenvalue weighted by Crippen LogP contribution is -2.28. The average Bonchev–Trinajstić information content (AvgIpc) is 3.26. The fraction of sp³-hybridized carbons (Fsp3) is 0.750. The predicted octanol–water partition coefficient (Wildman–Crippen LogP) is 2.99. The summed E-state index contributed by atoms with van der Waals surface area (Å²) in [6.07, 6.45) is -1.73. The molecule has 21 heavy (non-hydrogen) atoms. The molecule has 1 unspecified atom stereocenters. The Kier molecular flexibility index (Phi) is 3.62. The van der Waals surface area contributed by atoms with Crippen LogP contribution in [0.25, 0.3) is 0 Å². The van der Waals surface area contributed by atoms with Crippen LogP contribution in [-0.2, 0) is 4.79 Å². The van der Waals surface area contributed by atoms with E-state index in [1.807, 2.05) is 0 Å². The molecule has 1 atom stereocenters. The van der Waals surface area contributed by atoms with Gasteiger partial charge in [0.05, 0.1) is 6.42 Å². The van der Waals surface area contributed by atoms with E-state index in [0.29, 0.717) is 17.7 Å². The van der Waals surface area contributed by atoms with Crippen molar-refractivity contribution in [2.24, 2.45) is 0 Å². The van der Waals surface area contributed by atoms with Crippen LogP contribution in [-0.4, -0.2) is 37.3 Å². The Morgan fingerprint density at radius 3 is 2.48 bits per heavy atom. The average molecular weight is 321 g/mol. The van der Waals surface area contributed by atoms with Crippen molar-refractivity contribution in [3.8, 4) is 0 Å². The minimum Gasteiger partial charge on any atom is -0.481 e. The van der Waals surface area contributed by atoms with Crippen LogP contribution >= 0.6 is 11.8 Å². The summed E-state index contributed by atoms with van der Waals surface area (Å²) in [6, 6.07) is 0.178. The Balaban J connectivity index is 1.83. The van der Waals surface area contributed by atoms with Crippen LogP contribution in [0.4, 0.5) is 13.2 Å². The van der Waals surface area contributed by atoms with Gasteiger partial charge in [0.2, 0.25) is 0 Å². The van der Waals surface area contributed by atoms with Crippen LogP contribution in [0.15, 0.2) is 5.16 Å². The van der Waals surface area contributed by atoms with Crippen molar-refractivity contribution < 1.29 is 23.1 Å². The first kappa shape index (κ1) is 14.7. The quantitative estimate of drug-likeness (QED) is 0.816. The number of halogens is 3. The van der Waals surface area contributed by atoms with E-state index in [1.165, 1.54) is 0 Å². The van der Waals surface area contributed by atoms with E-state index in [9.17, 15) is 18.0 Å². The van der Waals surface area contributed by atoms with Crippen LogP contribution in [0.2, 0.25) is 0 Å². The summed E-state index contributed by atoms with van der Waals surface area (Å²) in [5.74, 6) is -0.405. The smallest absolute Gasteiger partial charge is 0.401 e. The first-order valence-corrected chi connectivity index (χ1v) is 7.64. The maximum Gasteiger partial charge on any atom is 0.401 e. The van der Waals surface area contributed by atoms with Crippen molar-refractivity contribution in [1.29, 1.82) is 0 Å². The molecular weight excluding hydrogens is 307 g/mol. The highest BCUT2D eigenvalue weighted by Gasteiger charge is 2.44. The largest absolute Gasteiger partial charge is 0.481 e. The SMILES string of the molecule is O=C(O)CC(Sc1nnc(C2CC2)n1C1CC1)C(F)(F)F. The van der Waals surface area contributed by atoms with Crippen molar-refractivity contribution in [3.63, 3.8) is 0 Å². The third-order valence-electron chi connectivity index (χ3n) is 3.52. The molecular formula is C12H14F3N3O2S. The molecule has 0 bridgehead atoms. The van der Waals surface area contributed by atoms with Crippen LogP contribution < -0.4 is 0 Å². The lowest BCUT2D eigenvalue weighted by atomic mass is 10.3. The zero-order chi connectivity index (χ0) is 15.2. The second-order valence-electron chi connectivity index (χ2n) is 5.46. The molecule has 1 aromatic heterocycles. The standard InChI is InChI=1S/C12H14F3N3O2S/c13-12(14,15)8(5-9(19)20)21-11-17-16-10(6-1-2-6)18(11)7-3-4-7/h6-8H,1-5H2,(H,19,20). The van der Waals surface area contributed by atoms with E-state index >= 15 is 0 Å². The predicted molar refractivity (Wildman–Crippen MR) is 68.2 cm³/mol. The van der Waals surface area contributed by atoms with Gasteiger partial charge < -0.3 is 9.67 Å². The minimum atomic E-state index is -4.58. The maximum atomic E-state index is 13.0. The number of aromatic nitrogens is 3. The molecule has 2 aliphatic carbocycles. The number of nitrogens with zero attached hydrogens (tertiary/aromatic N) is 3. The summed E-state index contributed by atoms with van der Waals surface area (Å²) < 4.78 is 40.6. The van der Waals surface area contributed by atoms with Gasteiger partial charge in [-0.1, -0.05) is 11.8 Å². The van der Waals surface area contributed by atoms with E-state index < -0.39 is 23.8 Å². The Morgan fingerprint density at radius 1 is 1.33 bits per heavy atom. The molecule has 0 amide bonds. The lowest BCUT2D eigenvalue weighted by Gasteiger charge is -2.18. The van der Waals surface area contributed by atoms with Crippen LogP contribution in [0, 0.1) is 0 Å². The van der Waals surface area contributed by atoms with Gasteiger partial charge in [-0.25, -0.2) is 0 Å². The summed E-state index contributed by atoms with van der Waals surface area (Å²) in [6.45, 7) is 0. The summed E-state index contributed by atoms with van der Waals surface area (Å²) in [5, 5.41) is 14.8. The van der Waals surface area contributed by atoms with E-state index in [-0.39, 0.29) is 11.2 Å². The summed E-state index contributed by atoms with van der Waals surface area (Å²) in [7, 11) is 0. The van der Waals surface area contributed by atoms with E-state index in [0.717, 1.165) is 31.5 Å². The first-order chi connectivity index (χ1) is 9.86. The second kappa shape index (κ2) is 5.19. The minimum absolute atomic E-state index is 0.178. The van der Waals surface area contributed by atoms with Crippen LogP contribution in [0.3, 0.4) is 0 Å². The molecule has 2 aliphatic rings. The highest BCUT2D eigenvalue weighted by molar-refractivity contribution is 7.99. The van der Waals surface area contributed by atoms with Gasteiger partial charge in [0.1, 0.15) is 11.1 Å². The number of aliphatic carboxylic acids is 1. The van der Waals surface area contributed by atoms with E-state index in [4.69, 9.17) is 5.11 Å². The number of alkyl halides is 3. The molecule has 0 saturated heterocycles. The highest BCUT2D eigenvalue weighted by atomic mass is 32.2. The van der Waals surface area contributed by atoms with Crippen LogP contribution in [0.1, 0.15) is 49.9 Å². The third-order valence-corrected chi connectivity index (χ3v) is 4.73. The summed E-state index contributed by atoms with van der Waals surface area (Å²) in [5.41, 5.74) is 0. The number of rotatable bonds is 6. The third kappa shape index (κ3) is 3.33. The number of hydrogen-bond donors (Lipinski definition) is 1. The van der Waals surface area contributed by atoms with Gasteiger partial charge >= 0.3 is 12.1 Å². The molecule has 0 spiro atoms. The molecule has 9 heteroatoms. The molecule has 0 aromatic carbocycles. The summed E-state index contributed by atoms with van der Waals surface area (Å²) in [4.78, 5) is 10.6. The van der Waals surface area contributed by atoms with E-state index in [2.05, 4.69) is 10.2 Å². The van der Waals surface area contributed by atoms with Crippen molar-refractivity contribution >= 4 is 17.7 Å². The first-order valence-electron chi connectivity index (χ1n) is 6.76. The number of carbonyl (C=O) groups is 1. The van der Waals surface area contributed by atoms with Crippen molar-refractivity contribution in [2.75, 3.05) is 0 Å². The van der Waals surface area contributed by atoms with Gasteiger partial charge in [0.15, 0.2) is 5.16 Å². The molecule has 1 N–H and O–H groups in total. The molecule has 1 heterocycles. The number of hydrogen-bond acceptors (Lipinski definition) is 4. The molecule has 2 fully saturated rings. The maximum absolute atomic E-state index is 13.0. The summed E-state index contributed by atoms with van der Waals surface area (Å²) >= 11 is 0.468. The fourth-order valence-electron chi connectivity index (χ4n) is 2.17. The molecule has 0 aliphatic heterocycles. The number of thioether (sulfide) groups is 1. The van der Waals surface area contributed by atoms with Crippen LogP contribution in [0.5, 0.6) is 0 Å². The molecule has 1 aromatic rings. The molecule has 3 rings (SSSR count). The van der Waals surface area contributed by atoms with Crippen molar-refractivity contribution in [2.45, 2.75) is 60.6 Å². The fourth-order valence-corrected chi connectivity index (χ4v) is 3.23. The van der Waals surface area contributed by atoms with Crippen molar-refractivity contribution in [1.82, 2.24) is 14.8 Å². The molecule has 5 nitrogen and oxygen atoms in total. The van der Waals surface area contributed by atoms with Gasteiger partial charge in [-0.05, 0) is 25.7 Å². The zero-order valence-electron chi connectivity index (χ0n) is 11.0. The normalized spacial score (nSPS) is 20.5. The topological polar surface area (TPSA) is 68.0 Å². The molecule has 2 saturated carbocycles. The van der Waals surface area contributed by atoms with Gasteiger partial charge in [0, 0.05) is 12.0 Å². The van der Waals surface area contributed by atoms with Gasteiger partial charge in [-0.3, -0.25) is 4.79 Å². The Morgan fingerprint density at radius 2 is 2.00 bits per heavy atom. The monoisotopic (exact) mass is 321 g/mol. The second-order valence-corrected chi connectivity index (χ2v) is 6.63. The van der Waals surface area contributed by atoms with Gasteiger partial charge in [0.25, 0.3) is 0 Å². The van der Waals surface area contributed by atoms with Crippen molar-refractivity contribution in [3.05, 3.63) is 5.82 Å². The van der Waals surface area contributed by atoms with Gasteiger partial charge in [-0.2, -0.15) is 13.2 Å².